The molecule has 0 aliphatic rings. The van der Waals surface area contributed by atoms with E-state index in [0.717, 1.165) is 28.0 Å². The van der Waals surface area contributed by atoms with Crippen molar-refractivity contribution in [1.29, 1.82) is 0 Å². The average Bonchev–Trinajstić information content (AvgIpc) is 2.64. The minimum absolute atomic E-state index is 0.517. The summed E-state index contributed by atoms with van der Waals surface area (Å²) in [4.78, 5) is 12.5. The summed E-state index contributed by atoms with van der Waals surface area (Å²) in [5, 5.41) is 0.916. The maximum absolute atomic E-state index is 5.94. The van der Waals surface area contributed by atoms with E-state index < -0.39 is 0 Å². The van der Waals surface area contributed by atoms with Gasteiger partial charge in [-0.3, -0.25) is 9.55 Å². The quantitative estimate of drug-likeness (QED) is 0.705. The Morgan fingerprint density at radius 3 is 2.78 bits per heavy atom. The van der Waals surface area contributed by atoms with Gasteiger partial charge in [0.15, 0.2) is 5.65 Å². The molecule has 0 saturated heterocycles. The lowest BCUT2D eigenvalue weighted by Gasteiger charge is -2.06. The molecule has 0 aromatic carbocycles. The highest BCUT2D eigenvalue weighted by Gasteiger charge is 2.15. The van der Waals surface area contributed by atoms with E-state index in [2.05, 4.69) is 19.5 Å². The summed E-state index contributed by atoms with van der Waals surface area (Å²) >= 11 is 0. The third-order valence-electron chi connectivity index (χ3n) is 3.23. The molecule has 5 nitrogen and oxygen atoms in total. The van der Waals surface area contributed by atoms with E-state index >= 15 is 0 Å². The third-order valence-corrected chi connectivity index (χ3v) is 3.23. The second kappa shape index (κ2) is 3.80. The molecule has 3 aromatic heterocycles. The minimum Gasteiger partial charge on any atom is -0.383 e. The van der Waals surface area contributed by atoms with E-state index in [0.29, 0.717) is 5.82 Å². The van der Waals surface area contributed by atoms with Crippen molar-refractivity contribution < 1.29 is 0 Å². The lowest BCUT2D eigenvalue weighted by Crippen LogP contribution is -1.99. The number of nitrogens with zero attached hydrogens (tertiary/aromatic N) is 4. The maximum atomic E-state index is 5.94. The summed E-state index contributed by atoms with van der Waals surface area (Å²) in [5.74, 6) is 0.517. The molecular formula is C13H13N5. The molecule has 0 saturated carbocycles. The van der Waals surface area contributed by atoms with Gasteiger partial charge in [-0.2, -0.15) is 0 Å². The van der Waals surface area contributed by atoms with Crippen molar-refractivity contribution in [1.82, 2.24) is 19.5 Å². The third kappa shape index (κ3) is 1.37. The topological polar surface area (TPSA) is 69.6 Å². The van der Waals surface area contributed by atoms with Crippen LogP contribution in [0.2, 0.25) is 0 Å². The number of nitrogens with two attached hydrogens (primary N) is 1. The summed E-state index contributed by atoms with van der Waals surface area (Å²) < 4.78 is 2.05. The van der Waals surface area contributed by atoms with Crippen LogP contribution in [-0.4, -0.2) is 19.5 Å². The van der Waals surface area contributed by atoms with E-state index in [9.17, 15) is 0 Å². The molecule has 0 unspecified atom stereocenters. The Bertz CT molecular complexity index is 715. The molecule has 5 heteroatoms. The lowest BCUT2D eigenvalue weighted by molar-refractivity contribution is 1.00. The second-order valence-corrected chi connectivity index (χ2v) is 4.21. The zero-order chi connectivity index (χ0) is 12.7. The number of aryl methyl sites for hydroxylation is 1. The molecule has 0 amide bonds. The van der Waals surface area contributed by atoms with E-state index in [-0.39, 0.29) is 0 Å². The monoisotopic (exact) mass is 239 g/mol. The smallest absolute Gasteiger partial charge is 0.150 e. The second-order valence-electron chi connectivity index (χ2n) is 4.21. The first-order chi connectivity index (χ1) is 8.70. The van der Waals surface area contributed by atoms with Crippen LogP contribution in [0.5, 0.6) is 0 Å². The largest absolute Gasteiger partial charge is 0.383 e. The molecule has 2 N–H and O–H groups in total. The number of aromatic nitrogens is 4. The molecule has 3 rings (SSSR count). The van der Waals surface area contributed by atoms with Crippen LogP contribution in [0.15, 0.2) is 30.9 Å². The zero-order valence-electron chi connectivity index (χ0n) is 10.3. The molecular weight excluding hydrogens is 226 g/mol. The normalized spacial score (nSPS) is 11.0. The van der Waals surface area contributed by atoms with E-state index in [4.69, 9.17) is 5.73 Å². The van der Waals surface area contributed by atoms with Gasteiger partial charge < -0.3 is 5.73 Å². The van der Waals surface area contributed by atoms with Gasteiger partial charge in [0, 0.05) is 11.9 Å². The van der Waals surface area contributed by atoms with Crippen LogP contribution < -0.4 is 5.73 Å². The first-order valence-corrected chi connectivity index (χ1v) is 5.68. The average molecular weight is 239 g/mol. The van der Waals surface area contributed by atoms with Gasteiger partial charge in [-0.1, -0.05) is 0 Å². The standard InChI is InChI=1S/C13H13N5/c1-8-9(2)18(10-4-3-5-15-6-10)13-11(8)12(14)16-7-17-13/h3-7H,1-2H3,(H2,14,16,17). The van der Waals surface area contributed by atoms with Gasteiger partial charge in [-0.25, -0.2) is 9.97 Å². The first-order valence-electron chi connectivity index (χ1n) is 5.68. The minimum atomic E-state index is 0.517. The highest BCUT2D eigenvalue weighted by atomic mass is 15.1. The number of hydrogen-bond acceptors (Lipinski definition) is 4. The van der Waals surface area contributed by atoms with Gasteiger partial charge >= 0.3 is 0 Å². The SMILES string of the molecule is Cc1c(C)n(-c2cccnc2)c2ncnc(N)c12. The number of nitrogen functional groups attached to an aromatic ring is 1. The summed E-state index contributed by atoms with van der Waals surface area (Å²) in [5.41, 5.74) is 9.95. The fourth-order valence-electron chi connectivity index (χ4n) is 2.23. The molecule has 0 aliphatic carbocycles. The molecule has 0 radical (unpaired) electrons. The molecule has 0 fully saturated rings. The number of fused-ring (bicyclic) bond motifs is 1. The van der Waals surface area contributed by atoms with Crippen molar-refractivity contribution in [2.75, 3.05) is 5.73 Å². The van der Waals surface area contributed by atoms with Crippen molar-refractivity contribution in [3.05, 3.63) is 42.1 Å². The highest BCUT2D eigenvalue weighted by Crippen LogP contribution is 2.29. The number of hydrogen-bond donors (Lipinski definition) is 1. The van der Waals surface area contributed by atoms with Crippen molar-refractivity contribution in [2.24, 2.45) is 0 Å². The summed E-state index contributed by atoms with van der Waals surface area (Å²) in [6, 6.07) is 3.90. The van der Waals surface area contributed by atoms with Gasteiger partial charge in [-0.05, 0) is 31.5 Å². The molecule has 90 valence electrons. The van der Waals surface area contributed by atoms with Crippen LogP contribution in [-0.2, 0) is 0 Å². The van der Waals surface area contributed by atoms with E-state index in [1.54, 1.807) is 6.20 Å². The Kier molecular flexibility index (Phi) is 2.26. The van der Waals surface area contributed by atoms with Gasteiger partial charge in [0.2, 0.25) is 0 Å². The molecule has 0 atom stereocenters. The molecule has 3 aromatic rings. The number of anilines is 1. The van der Waals surface area contributed by atoms with Gasteiger partial charge in [0.1, 0.15) is 12.1 Å². The fourth-order valence-corrected chi connectivity index (χ4v) is 2.23. The maximum Gasteiger partial charge on any atom is 0.150 e. The van der Waals surface area contributed by atoms with Crippen LogP contribution in [0.3, 0.4) is 0 Å². The van der Waals surface area contributed by atoms with Crippen LogP contribution in [0.25, 0.3) is 16.7 Å². The Morgan fingerprint density at radius 1 is 1.22 bits per heavy atom. The zero-order valence-corrected chi connectivity index (χ0v) is 10.3. The number of pyridine rings is 1. The Balaban J connectivity index is 2.44. The van der Waals surface area contributed by atoms with Crippen LogP contribution in [0, 0.1) is 13.8 Å². The number of rotatable bonds is 1. The molecule has 18 heavy (non-hydrogen) atoms. The van der Waals surface area contributed by atoms with Crippen molar-refractivity contribution in [3.63, 3.8) is 0 Å². The Labute approximate surface area is 104 Å². The predicted molar refractivity (Wildman–Crippen MR) is 70.5 cm³/mol. The molecule has 0 bridgehead atoms. The summed E-state index contributed by atoms with van der Waals surface area (Å²) in [6.45, 7) is 4.08. The van der Waals surface area contributed by atoms with Gasteiger partial charge in [0.05, 0.1) is 17.3 Å². The Morgan fingerprint density at radius 2 is 2.06 bits per heavy atom. The van der Waals surface area contributed by atoms with E-state index in [1.165, 1.54) is 6.33 Å². The lowest BCUT2D eigenvalue weighted by atomic mass is 10.2. The van der Waals surface area contributed by atoms with Crippen molar-refractivity contribution in [2.45, 2.75) is 13.8 Å². The van der Waals surface area contributed by atoms with Crippen molar-refractivity contribution in [3.8, 4) is 5.69 Å². The first kappa shape index (κ1) is 10.7. The van der Waals surface area contributed by atoms with Gasteiger partial charge in [-0.15, -0.1) is 0 Å². The predicted octanol–water partition coefficient (Wildman–Crippen LogP) is 2.01. The van der Waals surface area contributed by atoms with Crippen LogP contribution in [0.1, 0.15) is 11.3 Å². The molecule has 0 spiro atoms. The van der Waals surface area contributed by atoms with Gasteiger partial charge in [0.25, 0.3) is 0 Å². The highest BCUT2D eigenvalue weighted by molar-refractivity contribution is 5.91. The van der Waals surface area contributed by atoms with Crippen LogP contribution in [0.4, 0.5) is 5.82 Å². The van der Waals surface area contributed by atoms with E-state index in [1.807, 2.05) is 32.2 Å². The fraction of sp³-hybridized carbons (Fsp3) is 0.154. The van der Waals surface area contributed by atoms with Crippen LogP contribution >= 0.6 is 0 Å². The summed E-state index contributed by atoms with van der Waals surface area (Å²) in [7, 11) is 0. The molecule has 3 heterocycles. The Hall–Kier alpha value is -2.43. The van der Waals surface area contributed by atoms with Crippen molar-refractivity contribution >= 4 is 16.9 Å². The summed E-state index contributed by atoms with van der Waals surface area (Å²) in [6.07, 6.45) is 5.05. The molecule has 0 aliphatic heterocycles.